The van der Waals surface area contributed by atoms with Gasteiger partial charge in [-0.2, -0.15) is 0 Å². The Morgan fingerprint density at radius 1 is 1.44 bits per heavy atom. The first-order valence-corrected chi connectivity index (χ1v) is 5.52. The Kier molecular flexibility index (Phi) is 3.46. The van der Waals surface area contributed by atoms with Gasteiger partial charge in [-0.1, -0.05) is 0 Å². The van der Waals surface area contributed by atoms with E-state index in [-0.39, 0.29) is 5.97 Å². The van der Waals surface area contributed by atoms with E-state index in [9.17, 15) is 4.79 Å². The predicted molar refractivity (Wildman–Crippen MR) is 56.6 cm³/mol. The van der Waals surface area contributed by atoms with Crippen molar-refractivity contribution in [2.24, 2.45) is 0 Å². The summed E-state index contributed by atoms with van der Waals surface area (Å²) < 4.78 is 15.8. The quantitative estimate of drug-likeness (QED) is 0.508. The molecule has 2 rings (SSSR count). The zero-order valence-electron chi connectivity index (χ0n) is 9.48. The summed E-state index contributed by atoms with van der Waals surface area (Å²) in [7, 11) is 1.37. The highest BCUT2D eigenvalue weighted by Gasteiger charge is 2.39. The van der Waals surface area contributed by atoms with Gasteiger partial charge in [-0.25, -0.2) is 4.79 Å². The first kappa shape index (κ1) is 11.4. The van der Waals surface area contributed by atoms with E-state index in [0.29, 0.717) is 19.8 Å². The minimum absolute atomic E-state index is 0.340. The van der Waals surface area contributed by atoms with Crippen molar-refractivity contribution in [3.63, 3.8) is 0 Å². The zero-order chi connectivity index (χ0) is 11.4. The van der Waals surface area contributed by atoms with Crippen LogP contribution in [-0.2, 0) is 19.0 Å². The standard InChI is InChI=1S/C11H17NO4/c1-14-10(13)3-6-12-5-2-4-11(9-12)15-7-8-16-11/h3,6H,2,4-5,7-9H2,1H3/b6-3+. The third-order valence-electron chi connectivity index (χ3n) is 2.88. The average molecular weight is 227 g/mol. The molecule has 0 atom stereocenters. The molecule has 2 aliphatic rings. The molecule has 2 saturated heterocycles. The maximum atomic E-state index is 11.0. The molecular formula is C11H17NO4. The Balaban J connectivity index is 1.91. The molecule has 0 aromatic carbocycles. The second-order valence-electron chi connectivity index (χ2n) is 4.02. The minimum atomic E-state index is -0.446. The summed E-state index contributed by atoms with van der Waals surface area (Å²) in [6, 6.07) is 0. The van der Waals surface area contributed by atoms with E-state index in [1.54, 1.807) is 6.20 Å². The second kappa shape index (κ2) is 4.84. The van der Waals surface area contributed by atoms with E-state index < -0.39 is 5.79 Å². The summed E-state index contributed by atoms with van der Waals surface area (Å²) in [5.74, 6) is -0.786. The molecule has 0 aromatic heterocycles. The molecule has 0 aromatic rings. The lowest BCUT2D eigenvalue weighted by atomic mass is 10.1. The van der Waals surface area contributed by atoms with Crippen molar-refractivity contribution in [2.45, 2.75) is 18.6 Å². The largest absolute Gasteiger partial charge is 0.466 e. The highest BCUT2D eigenvalue weighted by Crippen LogP contribution is 2.29. The molecule has 16 heavy (non-hydrogen) atoms. The molecule has 0 unspecified atom stereocenters. The molecule has 0 radical (unpaired) electrons. The smallest absolute Gasteiger partial charge is 0.331 e. The van der Waals surface area contributed by atoms with Gasteiger partial charge in [0.15, 0.2) is 5.79 Å². The molecule has 2 aliphatic heterocycles. The summed E-state index contributed by atoms with van der Waals surface area (Å²) in [4.78, 5) is 13.0. The van der Waals surface area contributed by atoms with Gasteiger partial charge in [0.25, 0.3) is 0 Å². The highest BCUT2D eigenvalue weighted by molar-refractivity contribution is 5.81. The molecular weight excluding hydrogens is 210 g/mol. The van der Waals surface area contributed by atoms with E-state index in [2.05, 4.69) is 4.74 Å². The SMILES string of the molecule is COC(=O)/C=C/N1CCCC2(C1)OCCO2. The van der Waals surface area contributed by atoms with Crippen LogP contribution in [0.4, 0.5) is 0 Å². The molecule has 0 saturated carbocycles. The van der Waals surface area contributed by atoms with E-state index in [1.165, 1.54) is 13.2 Å². The number of carbonyl (C=O) groups is 1. The number of ether oxygens (including phenoxy) is 3. The first-order chi connectivity index (χ1) is 7.74. The molecule has 0 N–H and O–H groups in total. The van der Waals surface area contributed by atoms with Crippen molar-refractivity contribution in [2.75, 3.05) is 33.4 Å². The summed E-state index contributed by atoms with van der Waals surface area (Å²) in [6.07, 6.45) is 5.10. The number of hydrogen-bond donors (Lipinski definition) is 0. The Labute approximate surface area is 94.9 Å². The van der Waals surface area contributed by atoms with Gasteiger partial charge in [-0.3, -0.25) is 0 Å². The molecule has 2 heterocycles. The number of piperidine rings is 1. The lowest BCUT2D eigenvalue weighted by Gasteiger charge is -2.37. The normalized spacial score (nSPS) is 24.2. The van der Waals surface area contributed by atoms with Crippen LogP contribution in [0.2, 0.25) is 0 Å². The number of hydrogen-bond acceptors (Lipinski definition) is 5. The average Bonchev–Trinajstić information content (AvgIpc) is 2.74. The number of nitrogens with zero attached hydrogens (tertiary/aromatic N) is 1. The summed E-state index contributed by atoms with van der Waals surface area (Å²) >= 11 is 0. The minimum Gasteiger partial charge on any atom is -0.466 e. The highest BCUT2D eigenvalue weighted by atomic mass is 16.7. The Morgan fingerprint density at radius 3 is 2.88 bits per heavy atom. The van der Waals surface area contributed by atoms with Gasteiger partial charge in [0.2, 0.25) is 0 Å². The van der Waals surface area contributed by atoms with E-state index in [0.717, 1.165) is 19.4 Å². The number of carbonyl (C=O) groups excluding carboxylic acids is 1. The summed E-state index contributed by atoms with van der Waals surface area (Å²) in [5.41, 5.74) is 0. The van der Waals surface area contributed by atoms with Crippen molar-refractivity contribution in [1.29, 1.82) is 0 Å². The molecule has 5 heteroatoms. The van der Waals surface area contributed by atoms with Gasteiger partial charge in [-0.05, 0) is 6.42 Å². The van der Waals surface area contributed by atoms with Crippen molar-refractivity contribution in [3.05, 3.63) is 12.3 Å². The molecule has 2 fully saturated rings. The Morgan fingerprint density at radius 2 is 2.19 bits per heavy atom. The lowest BCUT2D eigenvalue weighted by molar-refractivity contribution is -0.183. The van der Waals surface area contributed by atoms with Crippen LogP contribution in [0.3, 0.4) is 0 Å². The van der Waals surface area contributed by atoms with E-state index in [4.69, 9.17) is 9.47 Å². The molecule has 0 aliphatic carbocycles. The van der Waals surface area contributed by atoms with Gasteiger partial charge < -0.3 is 19.1 Å². The molecule has 90 valence electrons. The van der Waals surface area contributed by atoms with Gasteiger partial charge in [0.05, 0.1) is 26.9 Å². The number of esters is 1. The van der Waals surface area contributed by atoms with Crippen LogP contribution in [0.1, 0.15) is 12.8 Å². The van der Waals surface area contributed by atoms with Gasteiger partial charge >= 0.3 is 5.97 Å². The summed E-state index contributed by atoms with van der Waals surface area (Å²) in [6.45, 7) is 2.92. The fraction of sp³-hybridized carbons (Fsp3) is 0.727. The van der Waals surface area contributed by atoms with Gasteiger partial charge in [0, 0.05) is 25.2 Å². The third kappa shape index (κ3) is 2.54. The van der Waals surface area contributed by atoms with Crippen molar-refractivity contribution < 1.29 is 19.0 Å². The monoisotopic (exact) mass is 227 g/mol. The second-order valence-corrected chi connectivity index (χ2v) is 4.02. The lowest BCUT2D eigenvalue weighted by Crippen LogP contribution is -2.46. The van der Waals surface area contributed by atoms with Crippen molar-refractivity contribution in [3.8, 4) is 0 Å². The van der Waals surface area contributed by atoms with Crippen LogP contribution in [0.15, 0.2) is 12.3 Å². The number of rotatable bonds is 2. The molecule has 5 nitrogen and oxygen atoms in total. The number of likely N-dealkylation sites (tertiary alicyclic amines) is 1. The van der Waals surface area contributed by atoms with Crippen LogP contribution in [-0.4, -0.2) is 50.1 Å². The van der Waals surface area contributed by atoms with E-state index in [1.807, 2.05) is 4.90 Å². The number of methoxy groups -OCH3 is 1. The first-order valence-electron chi connectivity index (χ1n) is 5.52. The molecule has 0 amide bonds. The predicted octanol–water partition coefficient (Wildman–Crippen LogP) is 0.512. The van der Waals surface area contributed by atoms with Gasteiger partial charge in [0.1, 0.15) is 0 Å². The molecule has 1 spiro atoms. The third-order valence-corrected chi connectivity index (χ3v) is 2.88. The van der Waals surface area contributed by atoms with E-state index >= 15 is 0 Å². The maximum absolute atomic E-state index is 11.0. The van der Waals surface area contributed by atoms with Crippen molar-refractivity contribution in [1.82, 2.24) is 4.90 Å². The van der Waals surface area contributed by atoms with Crippen LogP contribution in [0.5, 0.6) is 0 Å². The Hall–Kier alpha value is -1.07. The topological polar surface area (TPSA) is 48.0 Å². The fourth-order valence-corrected chi connectivity index (χ4v) is 2.11. The van der Waals surface area contributed by atoms with Crippen LogP contribution in [0.25, 0.3) is 0 Å². The van der Waals surface area contributed by atoms with Crippen molar-refractivity contribution >= 4 is 5.97 Å². The van der Waals surface area contributed by atoms with Crippen LogP contribution >= 0.6 is 0 Å². The summed E-state index contributed by atoms with van der Waals surface area (Å²) in [5, 5.41) is 0. The van der Waals surface area contributed by atoms with Crippen LogP contribution < -0.4 is 0 Å². The molecule has 0 bridgehead atoms. The maximum Gasteiger partial charge on any atom is 0.331 e. The van der Waals surface area contributed by atoms with Gasteiger partial charge in [-0.15, -0.1) is 0 Å². The zero-order valence-corrected chi connectivity index (χ0v) is 9.48. The Bertz CT molecular complexity index is 284. The fourth-order valence-electron chi connectivity index (χ4n) is 2.11. The van der Waals surface area contributed by atoms with Crippen LogP contribution in [0, 0.1) is 0 Å².